The second-order valence-electron chi connectivity index (χ2n) is 5.25. The van der Waals surface area contributed by atoms with Crippen molar-refractivity contribution >= 4 is 21.4 Å². The number of benzene rings is 1. The summed E-state index contributed by atoms with van der Waals surface area (Å²) in [5, 5.41) is 7.35. The number of hydrogen-bond donors (Lipinski definition) is 1. The second kappa shape index (κ2) is 6.83. The van der Waals surface area contributed by atoms with Gasteiger partial charge < -0.3 is 5.32 Å². The van der Waals surface area contributed by atoms with Gasteiger partial charge in [0.15, 0.2) is 0 Å². The molecule has 3 aromatic rings. The highest BCUT2D eigenvalue weighted by atomic mass is 32.1. The van der Waals surface area contributed by atoms with Crippen LogP contribution in [0.4, 0.5) is 0 Å². The Hall–Kier alpha value is -1.71. The molecule has 1 aromatic carbocycles. The first-order valence-electron chi connectivity index (χ1n) is 7.47. The summed E-state index contributed by atoms with van der Waals surface area (Å²) >= 11 is 1.83. The predicted octanol–water partition coefficient (Wildman–Crippen LogP) is 4.58. The molecule has 0 spiro atoms. The van der Waals surface area contributed by atoms with Gasteiger partial charge in [-0.1, -0.05) is 25.1 Å². The van der Waals surface area contributed by atoms with Gasteiger partial charge >= 0.3 is 0 Å². The first-order chi connectivity index (χ1) is 10.4. The van der Waals surface area contributed by atoms with Gasteiger partial charge in [-0.05, 0) is 59.5 Å². The van der Waals surface area contributed by atoms with Crippen LogP contribution in [0.1, 0.15) is 30.5 Å². The Morgan fingerprint density at radius 1 is 1.14 bits per heavy atom. The average Bonchev–Trinajstić information content (AvgIpc) is 2.95. The van der Waals surface area contributed by atoms with Gasteiger partial charge in [0, 0.05) is 23.1 Å². The van der Waals surface area contributed by atoms with Gasteiger partial charge in [0.1, 0.15) is 0 Å². The summed E-state index contributed by atoms with van der Waals surface area (Å²) in [6.45, 7) is 3.24. The van der Waals surface area contributed by atoms with E-state index in [1.807, 2.05) is 23.7 Å². The Morgan fingerprint density at radius 2 is 1.95 bits per heavy atom. The SMILES string of the molecule is CCCNC(Cc1csc2ccccc12)c1ccncc1. The van der Waals surface area contributed by atoms with Crippen LogP contribution in [-0.2, 0) is 6.42 Å². The number of thiophene rings is 1. The van der Waals surface area contributed by atoms with Crippen molar-refractivity contribution in [3.63, 3.8) is 0 Å². The fraction of sp³-hybridized carbons (Fsp3) is 0.278. The minimum Gasteiger partial charge on any atom is -0.310 e. The lowest BCUT2D eigenvalue weighted by molar-refractivity contribution is 0.530. The first-order valence-corrected chi connectivity index (χ1v) is 8.35. The van der Waals surface area contributed by atoms with Gasteiger partial charge in [-0.3, -0.25) is 4.98 Å². The normalized spacial score (nSPS) is 12.6. The van der Waals surface area contributed by atoms with Gasteiger partial charge in [-0.2, -0.15) is 0 Å². The summed E-state index contributed by atoms with van der Waals surface area (Å²) in [5.74, 6) is 0. The van der Waals surface area contributed by atoms with Gasteiger partial charge in [-0.25, -0.2) is 0 Å². The maximum absolute atomic E-state index is 4.13. The third kappa shape index (κ3) is 3.31. The number of nitrogens with one attached hydrogen (secondary N) is 1. The molecule has 0 aliphatic carbocycles. The molecule has 0 amide bonds. The highest BCUT2D eigenvalue weighted by Crippen LogP contribution is 2.29. The van der Waals surface area contributed by atoms with Crippen molar-refractivity contribution in [3.05, 3.63) is 65.3 Å². The first kappa shape index (κ1) is 14.2. The molecule has 108 valence electrons. The molecule has 0 fully saturated rings. The van der Waals surface area contributed by atoms with Gasteiger partial charge in [0.05, 0.1) is 0 Å². The van der Waals surface area contributed by atoms with Crippen LogP contribution < -0.4 is 5.32 Å². The van der Waals surface area contributed by atoms with Crippen LogP contribution in [0, 0.1) is 0 Å². The van der Waals surface area contributed by atoms with Crippen molar-refractivity contribution in [2.45, 2.75) is 25.8 Å². The molecule has 2 heterocycles. The molecule has 21 heavy (non-hydrogen) atoms. The Morgan fingerprint density at radius 3 is 2.76 bits per heavy atom. The Bertz CT molecular complexity index is 691. The Kier molecular flexibility index (Phi) is 4.63. The van der Waals surface area contributed by atoms with Gasteiger partial charge in [0.25, 0.3) is 0 Å². The van der Waals surface area contributed by atoms with Crippen LogP contribution in [0.2, 0.25) is 0 Å². The molecule has 0 aliphatic rings. The molecular formula is C18H20N2S. The summed E-state index contributed by atoms with van der Waals surface area (Å²) in [7, 11) is 0. The van der Waals surface area contributed by atoms with E-state index in [2.05, 4.69) is 59.0 Å². The van der Waals surface area contributed by atoms with E-state index in [9.17, 15) is 0 Å². The molecule has 0 radical (unpaired) electrons. The molecule has 1 unspecified atom stereocenters. The zero-order chi connectivity index (χ0) is 14.5. The van der Waals surface area contributed by atoms with Crippen LogP contribution in [0.25, 0.3) is 10.1 Å². The average molecular weight is 296 g/mol. The number of pyridine rings is 1. The monoisotopic (exact) mass is 296 g/mol. The number of rotatable bonds is 6. The topological polar surface area (TPSA) is 24.9 Å². The van der Waals surface area contributed by atoms with Crippen LogP contribution in [0.15, 0.2) is 54.2 Å². The van der Waals surface area contributed by atoms with Crippen molar-refractivity contribution < 1.29 is 0 Å². The predicted molar refractivity (Wildman–Crippen MR) is 90.8 cm³/mol. The van der Waals surface area contributed by atoms with E-state index >= 15 is 0 Å². The lowest BCUT2D eigenvalue weighted by atomic mass is 9.99. The van der Waals surface area contributed by atoms with Crippen LogP contribution in [0.3, 0.4) is 0 Å². The number of fused-ring (bicyclic) bond motifs is 1. The number of nitrogens with zero attached hydrogens (tertiary/aromatic N) is 1. The van der Waals surface area contributed by atoms with Gasteiger partial charge in [-0.15, -0.1) is 11.3 Å². The van der Waals surface area contributed by atoms with Crippen LogP contribution in [0.5, 0.6) is 0 Å². The molecule has 1 N–H and O–H groups in total. The van der Waals surface area contributed by atoms with Gasteiger partial charge in [0.2, 0.25) is 0 Å². The summed E-state index contributed by atoms with van der Waals surface area (Å²) in [5.41, 5.74) is 2.75. The van der Waals surface area contributed by atoms with E-state index in [1.54, 1.807) is 0 Å². The van der Waals surface area contributed by atoms with Crippen molar-refractivity contribution in [2.75, 3.05) is 6.54 Å². The highest BCUT2D eigenvalue weighted by molar-refractivity contribution is 7.17. The Balaban J connectivity index is 1.87. The van der Waals surface area contributed by atoms with E-state index in [4.69, 9.17) is 0 Å². The molecule has 1 atom stereocenters. The smallest absolute Gasteiger partial charge is 0.0362 e. The number of hydrogen-bond acceptors (Lipinski definition) is 3. The number of aromatic nitrogens is 1. The fourth-order valence-corrected chi connectivity index (χ4v) is 3.61. The van der Waals surface area contributed by atoms with Crippen molar-refractivity contribution in [1.82, 2.24) is 10.3 Å². The van der Waals surface area contributed by atoms with E-state index in [-0.39, 0.29) is 0 Å². The van der Waals surface area contributed by atoms with E-state index in [1.165, 1.54) is 21.2 Å². The van der Waals surface area contributed by atoms with Crippen molar-refractivity contribution in [3.8, 4) is 0 Å². The van der Waals surface area contributed by atoms with Crippen molar-refractivity contribution in [2.24, 2.45) is 0 Å². The van der Waals surface area contributed by atoms with E-state index in [0.29, 0.717) is 6.04 Å². The summed E-state index contributed by atoms with van der Waals surface area (Å²) in [4.78, 5) is 4.13. The molecule has 3 heteroatoms. The summed E-state index contributed by atoms with van der Waals surface area (Å²) < 4.78 is 1.37. The lowest BCUT2D eigenvalue weighted by Crippen LogP contribution is -2.24. The maximum atomic E-state index is 4.13. The molecule has 0 saturated carbocycles. The molecule has 2 aromatic heterocycles. The third-order valence-corrected chi connectivity index (χ3v) is 4.75. The maximum Gasteiger partial charge on any atom is 0.0362 e. The van der Waals surface area contributed by atoms with Crippen LogP contribution >= 0.6 is 11.3 Å². The third-order valence-electron chi connectivity index (χ3n) is 3.73. The molecule has 0 aliphatic heterocycles. The summed E-state index contributed by atoms with van der Waals surface area (Å²) in [6.07, 6.45) is 5.92. The Labute approximate surface area is 129 Å². The molecule has 0 bridgehead atoms. The molecular weight excluding hydrogens is 276 g/mol. The molecule has 3 rings (SSSR count). The largest absolute Gasteiger partial charge is 0.310 e. The molecule has 2 nitrogen and oxygen atoms in total. The highest BCUT2D eigenvalue weighted by Gasteiger charge is 2.14. The minimum atomic E-state index is 0.353. The molecule has 0 saturated heterocycles. The quantitative estimate of drug-likeness (QED) is 0.720. The zero-order valence-electron chi connectivity index (χ0n) is 12.3. The standard InChI is InChI=1S/C18H20N2S/c1-2-9-20-17(14-7-10-19-11-8-14)12-15-13-21-18-6-4-3-5-16(15)18/h3-8,10-11,13,17,20H,2,9,12H2,1H3. The van der Waals surface area contributed by atoms with E-state index < -0.39 is 0 Å². The fourth-order valence-electron chi connectivity index (χ4n) is 2.63. The summed E-state index contributed by atoms with van der Waals surface area (Å²) in [6, 6.07) is 13.2. The van der Waals surface area contributed by atoms with Crippen LogP contribution in [-0.4, -0.2) is 11.5 Å². The van der Waals surface area contributed by atoms with E-state index in [0.717, 1.165) is 19.4 Å². The lowest BCUT2D eigenvalue weighted by Gasteiger charge is -2.18. The van der Waals surface area contributed by atoms with Crippen molar-refractivity contribution in [1.29, 1.82) is 0 Å². The zero-order valence-corrected chi connectivity index (χ0v) is 13.1. The second-order valence-corrected chi connectivity index (χ2v) is 6.16. The minimum absolute atomic E-state index is 0.353.